The highest BCUT2D eigenvalue weighted by Crippen LogP contribution is 2.13. The number of Topliss-reactive ketones (excluding diaryl/α,β-unsaturated/α-hetero) is 1. The number of unbranched alkanes of at least 4 members (excludes halogenated alkanes) is 1. The van der Waals surface area contributed by atoms with E-state index in [2.05, 4.69) is 5.32 Å². The first-order chi connectivity index (χ1) is 6.34. The molecule has 0 aromatic rings. The molecule has 0 saturated carbocycles. The minimum absolute atomic E-state index is 0.269. The van der Waals surface area contributed by atoms with Crippen molar-refractivity contribution in [1.82, 2.24) is 5.32 Å². The monoisotopic (exact) mass is 185 g/mol. The average Bonchev–Trinajstić information content (AvgIpc) is 2.15. The van der Waals surface area contributed by atoms with Gasteiger partial charge in [0.05, 0.1) is 0 Å². The quantitative estimate of drug-likeness (QED) is 0.649. The molecule has 1 heterocycles. The highest BCUT2D eigenvalue weighted by atomic mass is 16.5. The molecule has 0 amide bonds. The molecule has 1 saturated heterocycles. The number of hydrogen-bond acceptors (Lipinski definition) is 3. The van der Waals surface area contributed by atoms with Crippen LogP contribution in [0.5, 0.6) is 0 Å². The molecule has 1 N–H and O–H groups in total. The van der Waals surface area contributed by atoms with Crippen molar-refractivity contribution in [2.75, 3.05) is 26.8 Å². The van der Waals surface area contributed by atoms with Gasteiger partial charge in [0.2, 0.25) is 0 Å². The smallest absolute Gasteiger partial charge is 0.138 e. The zero-order valence-corrected chi connectivity index (χ0v) is 8.34. The van der Waals surface area contributed by atoms with E-state index < -0.39 is 0 Å². The number of rotatable bonds is 5. The van der Waals surface area contributed by atoms with Gasteiger partial charge in [0.25, 0.3) is 0 Å². The first-order valence-electron chi connectivity index (χ1n) is 5.07. The lowest BCUT2D eigenvalue weighted by Crippen LogP contribution is -2.36. The molecule has 0 bridgehead atoms. The van der Waals surface area contributed by atoms with Gasteiger partial charge in [-0.15, -0.1) is 0 Å². The van der Waals surface area contributed by atoms with Crippen LogP contribution >= 0.6 is 0 Å². The van der Waals surface area contributed by atoms with Gasteiger partial charge in [0, 0.05) is 39.1 Å². The summed E-state index contributed by atoms with van der Waals surface area (Å²) in [5.74, 6) is 0.710. The Morgan fingerprint density at radius 3 is 3.08 bits per heavy atom. The van der Waals surface area contributed by atoms with Crippen molar-refractivity contribution in [3.63, 3.8) is 0 Å². The maximum atomic E-state index is 11.4. The molecule has 1 fully saturated rings. The predicted octanol–water partition coefficient (Wildman–Crippen LogP) is 0.982. The molecule has 0 aromatic carbocycles. The molecule has 0 aromatic heterocycles. The molecular weight excluding hydrogens is 166 g/mol. The second-order valence-electron chi connectivity index (χ2n) is 3.61. The van der Waals surface area contributed by atoms with E-state index >= 15 is 0 Å². The van der Waals surface area contributed by atoms with Crippen LogP contribution in [0.25, 0.3) is 0 Å². The van der Waals surface area contributed by atoms with Crippen molar-refractivity contribution >= 4 is 5.78 Å². The zero-order valence-electron chi connectivity index (χ0n) is 8.34. The SMILES string of the molecule is COCCCCC1CNCCC1=O. The van der Waals surface area contributed by atoms with Crippen LogP contribution in [0.3, 0.4) is 0 Å². The topological polar surface area (TPSA) is 38.3 Å². The van der Waals surface area contributed by atoms with E-state index in [9.17, 15) is 4.79 Å². The molecule has 3 heteroatoms. The third kappa shape index (κ3) is 3.87. The number of hydrogen-bond donors (Lipinski definition) is 1. The van der Waals surface area contributed by atoms with Gasteiger partial charge >= 0.3 is 0 Å². The Morgan fingerprint density at radius 2 is 2.38 bits per heavy atom. The largest absolute Gasteiger partial charge is 0.385 e. The first-order valence-corrected chi connectivity index (χ1v) is 5.07. The highest BCUT2D eigenvalue weighted by molar-refractivity contribution is 5.82. The molecule has 1 atom stereocenters. The Morgan fingerprint density at radius 1 is 1.54 bits per heavy atom. The van der Waals surface area contributed by atoms with Gasteiger partial charge in [0.15, 0.2) is 0 Å². The summed E-state index contributed by atoms with van der Waals surface area (Å²) < 4.78 is 4.96. The number of carbonyl (C=O) groups excluding carboxylic acids is 1. The summed E-state index contributed by atoms with van der Waals surface area (Å²) in [5.41, 5.74) is 0. The van der Waals surface area contributed by atoms with E-state index in [4.69, 9.17) is 4.74 Å². The molecule has 0 radical (unpaired) electrons. The fourth-order valence-corrected chi connectivity index (χ4v) is 1.71. The van der Waals surface area contributed by atoms with Crippen molar-refractivity contribution in [3.8, 4) is 0 Å². The highest BCUT2D eigenvalue weighted by Gasteiger charge is 2.20. The van der Waals surface area contributed by atoms with E-state index in [1.165, 1.54) is 0 Å². The summed E-state index contributed by atoms with van der Waals surface area (Å²) in [6, 6.07) is 0. The second-order valence-corrected chi connectivity index (χ2v) is 3.61. The van der Waals surface area contributed by atoms with Crippen molar-refractivity contribution in [1.29, 1.82) is 0 Å². The van der Waals surface area contributed by atoms with Gasteiger partial charge < -0.3 is 10.1 Å². The lowest BCUT2D eigenvalue weighted by molar-refractivity contribution is -0.124. The summed E-state index contributed by atoms with van der Waals surface area (Å²) in [7, 11) is 1.72. The Kier molecular flexibility index (Phi) is 5.01. The molecule has 0 spiro atoms. The van der Waals surface area contributed by atoms with Gasteiger partial charge in [-0.25, -0.2) is 0 Å². The molecule has 76 valence electrons. The third-order valence-corrected chi connectivity index (χ3v) is 2.55. The van der Waals surface area contributed by atoms with Crippen molar-refractivity contribution < 1.29 is 9.53 Å². The normalized spacial score (nSPS) is 23.5. The van der Waals surface area contributed by atoms with E-state index in [0.29, 0.717) is 5.78 Å². The lowest BCUT2D eigenvalue weighted by atomic mass is 9.93. The molecule has 13 heavy (non-hydrogen) atoms. The molecule has 1 rings (SSSR count). The molecular formula is C10H19NO2. The Labute approximate surface area is 79.8 Å². The number of ketones is 1. The van der Waals surface area contributed by atoms with Crippen LogP contribution in [0.2, 0.25) is 0 Å². The van der Waals surface area contributed by atoms with Crippen LogP contribution in [-0.2, 0) is 9.53 Å². The van der Waals surface area contributed by atoms with E-state index in [1.54, 1.807) is 7.11 Å². The van der Waals surface area contributed by atoms with Gasteiger partial charge in [0.1, 0.15) is 5.78 Å². The zero-order chi connectivity index (χ0) is 9.52. The number of ether oxygens (including phenoxy) is 1. The second kappa shape index (κ2) is 6.11. The lowest BCUT2D eigenvalue weighted by Gasteiger charge is -2.21. The van der Waals surface area contributed by atoms with Crippen molar-refractivity contribution in [3.05, 3.63) is 0 Å². The van der Waals surface area contributed by atoms with Crippen LogP contribution in [-0.4, -0.2) is 32.6 Å². The molecule has 0 aliphatic carbocycles. The third-order valence-electron chi connectivity index (χ3n) is 2.55. The Bertz CT molecular complexity index is 159. The van der Waals surface area contributed by atoms with E-state index in [1.807, 2.05) is 0 Å². The maximum Gasteiger partial charge on any atom is 0.138 e. The van der Waals surface area contributed by atoms with Gasteiger partial charge in [-0.2, -0.15) is 0 Å². The summed E-state index contributed by atoms with van der Waals surface area (Å²) in [6.07, 6.45) is 3.91. The number of piperidine rings is 1. The molecule has 1 aliphatic rings. The number of nitrogens with one attached hydrogen (secondary N) is 1. The van der Waals surface area contributed by atoms with Crippen molar-refractivity contribution in [2.24, 2.45) is 5.92 Å². The maximum absolute atomic E-state index is 11.4. The van der Waals surface area contributed by atoms with Crippen LogP contribution in [0, 0.1) is 5.92 Å². The summed E-state index contributed by atoms with van der Waals surface area (Å²) >= 11 is 0. The van der Waals surface area contributed by atoms with E-state index in [0.717, 1.165) is 45.4 Å². The minimum atomic E-state index is 0.269. The van der Waals surface area contributed by atoms with Gasteiger partial charge in [-0.05, 0) is 12.8 Å². The summed E-state index contributed by atoms with van der Waals surface area (Å²) in [4.78, 5) is 11.4. The van der Waals surface area contributed by atoms with Crippen molar-refractivity contribution in [2.45, 2.75) is 25.7 Å². The van der Waals surface area contributed by atoms with Crippen LogP contribution in [0.15, 0.2) is 0 Å². The molecule has 1 aliphatic heterocycles. The number of carbonyl (C=O) groups is 1. The summed E-state index contributed by atoms with van der Waals surface area (Å²) in [5, 5.41) is 3.25. The minimum Gasteiger partial charge on any atom is -0.385 e. The van der Waals surface area contributed by atoms with Gasteiger partial charge in [-0.1, -0.05) is 6.42 Å². The predicted molar refractivity (Wildman–Crippen MR) is 51.7 cm³/mol. The molecule has 3 nitrogen and oxygen atoms in total. The van der Waals surface area contributed by atoms with Crippen LogP contribution in [0.1, 0.15) is 25.7 Å². The summed E-state index contributed by atoms with van der Waals surface area (Å²) in [6.45, 7) is 2.56. The van der Waals surface area contributed by atoms with Gasteiger partial charge in [-0.3, -0.25) is 4.79 Å². The average molecular weight is 185 g/mol. The Balaban J connectivity index is 2.08. The molecule has 1 unspecified atom stereocenters. The fraction of sp³-hybridized carbons (Fsp3) is 0.900. The number of methoxy groups -OCH3 is 1. The van der Waals surface area contributed by atoms with Crippen LogP contribution < -0.4 is 5.32 Å². The Hall–Kier alpha value is -0.410. The fourth-order valence-electron chi connectivity index (χ4n) is 1.71. The van der Waals surface area contributed by atoms with E-state index in [-0.39, 0.29) is 5.92 Å². The first kappa shape index (κ1) is 10.7. The standard InChI is InChI=1S/C10H19NO2/c1-13-7-3-2-4-9-8-11-6-5-10(9)12/h9,11H,2-8H2,1H3. The van der Waals surface area contributed by atoms with Crippen LogP contribution in [0.4, 0.5) is 0 Å².